The monoisotopic (exact) mass is 302 g/mol. The van der Waals surface area contributed by atoms with Crippen molar-refractivity contribution in [2.75, 3.05) is 6.54 Å². The van der Waals surface area contributed by atoms with Crippen molar-refractivity contribution in [3.63, 3.8) is 0 Å². The first kappa shape index (κ1) is 12.5. The molecule has 0 bridgehead atoms. The van der Waals surface area contributed by atoms with Crippen LogP contribution in [0.4, 0.5) is 0 Å². The summed E-state index contributed by atoms with van der Waals surface area (Å²) in [6.07, 6.45) is 0.787. The number of benzene rings is 2. The molecule has 0 saturated carbocycles. The van der Waals surface area contributed by atoms with Crippen molar-refractivity contribution in [1.82, 2.24) is 10.3 Å². The Balaban J connectivity index is 1.83. The van der Waals surface area contributed by atoms with Gasteiger partial charge in [-0.15, -0.1) is 0 Å². The van der Waals surface area contributed by atoms with Crippen LogP contribution in [0.3, 0.4) is 0 Å². The van der Waals surface area contributed by atoms with Crippen LogP contribution in [-0.2, 0) is 6.42 Å². The number of aromatic nitrogens is 1. The number of aromatic amines is 1. The molecule has 1 amide bonds. The highest BCUT2D eigenvalue weighted by Gasteiger charge is 2.23. The maximum atomic E-state index is 12.2. The molecule has 2 N–H and O–H groups in total. The highest BCUT2D eigenvalue weighted by molar-refractivity contribution is 6.10. The number of furan rings is 1. The van der Waals surface area contributed by atoms with E-state index in [1.165, 1.54) is 0 Å². The maximum Gasteiger partial charge on any atom is 0.251 e. The molecule has 0 saturated heterocycles. The molecule has 1 aliphatic heterocycles. The molecule has 112 valence electrons. The molecule has 2 aromatic heterocycles. The second kappa shape index (κ2) is 4.49. The van der Waals surface area contributed by atoms with E-state index in [0.717, 1.165) is 50.9 Å². The van der Waals surface area contributed by atoms with E-state index in [1.54, 1.807) is 0 Å². The lowest BCUT2D eigenvalue weighted by molar-refractivity contribution is 0.0957. The Labute approximate surface area is 132 Å². The summed E-state index contributed by atoms with van der Waals surface area (Å²) in [6, 6.07) is 15.8. The average molecular weight is 302 g/mol. The van der Waals surface area contributed by atoms with Crippen LogP contribution in [-0.4, -0.2) is 17.4 Å². The molecule has 0 radical (unpaired) electrons. The van der Waals surface area contributed by atoms with Crippen molar-refractivity contribution in [2.24, 2.45) is 0 Å². The first-order valence-corrected chi connectivity index (χ1v) is 7.72. The number of amides is 1. The molecular formula is C19H14N2O2. The third kappa shape index (κ3) is 1.75. The van der Waals surface area contributed by atoms with E-state index in [1.807, 2.05) is 42.5 Å². The summed E-state index contributed by atoms with van der Waals surface area (Å²) in [6.45, 7) is 0.633. The Kier molecular flexibility index (Phi) is 2.45. The number of hydrogen-bond donors (Lipinski definition) is 2. The van der Waals surface area contributed by atoms with Crippen molar-refractivity contribution < 1.29 is 9.21 Å². The summed E-state index contributed by atoms with van der Waals surface area (Å²) in [5.41, 5.74) is 4.70. The lowest BCUT2D eigenvalue weighted by atomic mass is 10.0. The van der Waals surface area contributed by atoms with Gasteiger partial charge in [0.2, 0.25) is 0 Å². The van der Waals surface area contributed by atoms with Crippen molar-refractivity contribution in [3.8, 4) is 11.5 Å². The van der Waals surface area contributed by atoms with Crippen LogP contribution in [0.1, 0.15) is 15.9 Å². The van der Waals surface area contributed by atoms with Crippen LogP contribution in [0.2, 0.25) is 0 Å². The van der Waals surface area contributed by atoms with Crippen LogP contribution in [0.5, 0.6) is 0 Å². The highest BCUT2D eigenvalue weighted by atomic mass is 16.3. The van der Waals surface area contributed by atoms with Gasteiger partial charge < -0.3 is 14.7 Å². The smallest absolute Gasteiger partial charge is 0.251 e. The van der Waals surface area contributed by atoms with Gasteiger partial charge in [0.25, 0.3) is 5.91 Å². The number of fused-ring (bicyclic) bond motifs is 1. The Morgan fingerprint density at radius 2 is 1.96 bits per heavy atom. The van der Waals surface area contributed by atoms with E-state index < -0.39 is 0 Å². The van der Waals surface area contributed by atoms with Crippen LogP contribution < -0.4 is 5.32 Å². The molecule has 0 spiro atoms. The van der Waals surface area contributed by atoms with E-state index in [0.29, 0.717) is 6.54 Å². The van der Waals surface area contributed by atoms with Crippen LogP contribution in [0.15, 0.2) is 52.9 Å². The topological polar surface area (TPSA) is 58.0 Å². The van der Waals surface area contributed by atoms with Gasteiger partial charge in [-0.3, -0.25) is 4.79 Å². The average Bonchev–Trinajstić information content (AvgIpc) is 3.10. The third-order valence-corrected chi connectivity index (χ3v) is 4.50. The second-order valence-electron chi connectivity index (χ2n) is 5.86. The summed E-state index contributed by atoms with van der Waals surface area (Å²) in [5.74, 6) is 0.808. The SMILES string of the molecule is O=C1NCCc2c(-c3cc4ccccc4o3)[nH]c3cccc1c23. The zero-order chi connectivity index (χ0) is 15.4. The van der Waals surface area contributed by atoms with Crippen molar-refractivity contribution in [1.29, 1.82) is 0 Å². The van der Waals surface area contributed by atoms with Crippen LogP contribution >= 0.6 is 0 Å². The number of H-pyrrole nitrogens is 1. The molecule has 4 heteroatoms. The number of para-hydroxylation sites is 1. The van der Waals surface area contributed by atoms with Crippen LogP contribution in [0.25, 0.3) is 33.3 Å². The Morgan fingerprint density at radius 1 is 1.04 bits per heavy atom. The number of hydrogen-bond acceptors (Lipinski definition) is 2. The van der Waals surface area contributed by atoms with Gasteiger partial charge in [0.1, 0.15) is 5.58 Å². The highest BCUT2D eigenvalue weighted by Crippen LogP contribution is 2.36. The van der Waals surface area contributed by atoms with Crippen molar-refractivity contribution in [3.05, 3.63) is 59.7 Å². The minimum atomic E-state index is -0.00972. The first-order chi connectivity index (χ1) is 11.3. The molecule has 23 heavy (non-hydrogen) atoms. The van der Waals surface area contributed by atoms with E-state index in [4.69, 9.17) is 4.42 Å². The first-order valence-electron chi connectivity index (χ1n) is 7.72. The molecule has 0 atom stereocenters. The number of carbonyl (C=O) groups is 1. The van der Waals surface area contributed by atoms with Gasteiger partial charge in [-0.2, -0.15) is 0 Å². The fourth-order valence-corrected chi connectivity index (χ4v) is 3.47. The van der Waals surface area contributed by atoms with E-state index in [9.17, 15) is 4.79 Å². The second-order valence-corrected chi connectivity index (χ2v) is 5.86. The van der Waals surface area contributed by atoms with Crippen molar-refractivity contribution >= 4 is 27.8 Å². The maximum absolute atomic E-state index is 12.2. The quantitative estimate of drug-likeness (QED) is 0.561. The van der Waals surface area contributed by atoms with E-state index in [2.05, 4.69) is 16.4 Å². The van der Waals surface area contributed by atoms with E-state index >= 15 is 0 Å². The zero-order valence-corrected chi connectivity index (χ0v) is 12.3. The van der Waals surface area contributed by atoms with Crippen molar-refractivity contribution in [2.45, 2.75) is 6.42 Å². The number of nitrogens with one attached hydrogen (secondary N) is 2. The molecule has 1 aliphatic rings. The lowest BCUT2D eigenvalue weighted by Gasteiger charge is -2.01. The van der Waals surface area contributed by atoms with Gasteiger partial charge in [0.15, 0.2) is 5.76 Å². The number of rotatable bonds is 1. The molecule has 5 rings (SSSR count). The fourth-order valence-electron chi connectivity index (χ4n) is 3.47. The predicted molar refractivity (Wildman–Crippen MR) is 89.5 cm³/mol. The van der Waals surface area contributed by atoms with Gasteiger partial charge in [-0.05, 0) is 36.2 Å². The Morgan fingerprint density at radius 3 is 2.87 bits per heavy atom. The van der Waals surface area contributed by atoms with E-state index in [-0.39, 0.29) is 5.91 Å². The molecule has 4 nitrogen and oxygen atoms in total. The molecule has 2 aromatic carbocycles. The Bertz CT molecular complexity index is 1040. The molecular weight excluding hydrogens is 288 g/mol. The predicted octanol–water partition coefficient (Wildman–Crippen LogP) is 3.87. The minimum absolute atomic E-state index is 0.00972. The zero-order valence-electron chi connectivity index (χ0n) is 12.3. The molecule has 0 unspecified atom stereocenters. The largest absolute Gasteiger partial charge is 0.455 e. The third-order valence-electron chi connectivity index (χ3n) is 4.50. The molecule has 3 heterocycles. The summed E-state index contributed by atoms with van der Waals surface area (Å²) in [4.78, 5) is 15.7. The normalized spacial score (nSPS) is 14.2. The molecule has 0 fully saturated rings. The number of carbonyl (C=O) groups excluding carboxylic acids is 1. The fraction of sp³-hybridized carbons (Fsp3) is 0.105. The molecule has 0 aliphatic carbocycles. The van der Waals surface area contributed by atoms with Gasteiger partial charge in [-0.25, -0.2) is 0 Å². The van der Waals surface area contributed by atoms with Crippen LogP contribution in [0, 0.1) is 0 Å². The van der Waals surface area contributed by atoms with Gasteiger partial charge in [0.05, 0.1) is 5.69 Å². The summed E-state index contributed by atoms with van der Waals surface area (Å²) < 4.78 is 6.02. The standard InChI is InChI=1S/C19H14N2O2/c22-19-13-5-3-6-14-17(13)12(8-9-20-19)18(21-14)16-10-11-4-1-2-7-15(11)23-16/h1-7,10,21H,8-9H2,(H,20,22). The Hall–Kier alpha value is -3.01. The van der Waals surface area contributed by atoms with Gasteiger partial charge >= 0.3 is 0 Å². The summed E-state index contributed by atoms with van der Waals surface area (Å²) in [5, 5.41) is 5.05. The minimum Gasteiger partial charge on any atom is -0.455 e. The van der Waals surface area contributed by atoms with Gasteiger partial charge in [-0.1, -0.05) is 24.3 Å². The summed E-state index contributed by atoms with van der Waals surface area (Å²) in [7, 11) is 0. The van der Waals surface area contributed by atoms with Gasteiger partial charge in [0, 0.05) is 28.4 Å². The molecule has 4 aromatic rings. The summed E-state index contributed by atoms with van der Waals surface area (Å²) >= 11 is 0. The lowest BCUT2D eigenvalue weighted by Crippen LogP contribution is -2.23.